The topological polar surface area (TPSA) is 78.0 Å². The van der Waals surface area contributed by atoms with Crippen molar-refractivity contribution in [3.63, 3.8) is 0 Å². The van der Waals surface area contributed by atoms with Crippen LogP contribution in [0.1, 0.15) is 22.8 Å². The van der Waals surface area contributed by atoms with Crippen LogP contribution in [0.15, 0.2) is 47.4 Å². The lowest BCUT2D eigenvalue weighted by Crippen LogP contribution is -2.52. The molecule has 7 nitrogen and oxygen atoms in total. The van der Waals surface area contributed by atoms with Crippen LogP contribution in [0, 0.1) is 0 Å². The van der Waals surface area contributed by atoms with Crippen molar-refractivity contribution < 1.29 is 18.0 Å². The van der Waals surface area contributed by atoms with E-state index in [-0.39, 0.29) is 36.2 Å². The van der Waals surface area contributed by atoms with Gasteiger partial charge in [-0.3, -0.25) is 14.5 Å². The monoisotopic (exact) mass is 497 g/mol. The summed E-state index contributed by atoms with van der Waals surface area (Å²) < 4.78 is 27.2. The Kier molecular flexibility index (Phi) is 7.95. The minimum absolute atomic E-state index is 0.0755. The normalized spacial score (nSPS) is 15.2. The Morgan fingerprint density at radius 2 is 1.62 bits per heavy atom. The summed E-state index contributed by atoms with van der Waals surface area (Å²) in [5, 5.41) is 0.945. The average molecular weight is 498 g/mol. The number of rotatable bonds is 7. The van der Waals surface area contributed by atoms with Crippen molar-refractivity contribution >= 4 is 44.9 Å². The van der Waals surface area contributed by atoms with Crippen LogP contribution in [-0.4, -0.2) is 74.0 Å². The number of ketones is 1. The molecule has 10 heteroatoms. The van der Waals surface area contributed by atoms with Crippen LogP contribution in [0.5, 0.6) is 0 Å². The molecule has 0 atom stereocenters. The van der Waals surface area contributed by atoms with Gasteiger partial charge in [-0.25, -0.2) is 8.42 Å². The molecule has 0 unspecified atom stereocenters. The molecule has 0 saturated carbocycles. The smallest absolute Gasteiger partial charge is 0.243 e. The molecule has 2 aromatic rings. The molecule has 32 heavy (non-hydrogen) atoms. The number of amides is 1. The SMILES string of the molecule is CC(=O)c1ccc(S(=O)(=O)N2CCN(C(=O)CN(C)Cc3cccc(Cl)c3Cl)CC2)cc1. The Labute approximate surface area is 198 Å². The van der Waals surface area contributed by atoms with Crippen molar-refractivity contribution in [2.75, 3.05) is 39.8 Å². The summed E-state index contributed by atoms with van der Waals surface area (Å²) in [6.07, 6.45) is 0. The Balaban J connectivity index is 1.55. The molecule has 3 rings (SSSR count). The minimum atomic E-state index is -3.68. The first kappa shape index (κ1) is 24.7. The standard InChI is InChI=1S/C22H25Cl2N3O4S/c1-16(28)17-6-8-19(9-7-17)32(30,31)27-12-10-26(11-13-27)21(29)15-25(2)14-18-4-3-5-20(23)22(18)24/h3-9H,10-15H2,1-2H3. The fraction of sp³-hybridized carbons (Fsp3) is 0.364. The molecule has 1 aliphatic rings. The highest BCUT2D eigenvalue weighted by atomic mass is 35.5. The average Bonchev–Trinajstić information content (AvgIpc) is 2.77. The molecule has 1 aliphatic heterocycles. The van der Waals surface area contributed by atoms with E-state index in [1.807, 2.05) is 24.1 Å². The van der Waals surface area contributed by atoms with Gasteiger partial charge in [-0.2, -0.15) is 4.31 Å². The zero-order chi connectivity index (χ0) is 23.5. The van der Waals surface area contributed by atoms with Crippen molar-refractivity contribution in [3.8, 4) is 0 Å². The second kappa shape index (κ2) is 10.3. The fourth-order valence-electron chi connectivity index (χ4n) is 3.54. The van der Waals surface area contributed by atoms with Crippen LogP contribution >= 0.6 is 23.2 Å². The van der Waals surface area contributed by atoms with E-state index < -0.39 is 10.0 Å². The molecule has 0 bridgehead atoms. The number of sulfonamides is 1. The highest BCUT2D eigenvalue weighted by Crippen LogP contribution is 2.26. The van der Waals surface area contributed by atoms with Crippen molar-refractivity contribution in [1.82, 2.24) is 14.1 Å². The van der Waals surface area contributed by atoms with Crippen molar-refractivity contribution in [2.45, 2.75) is 18.4 Å². The van der Waals surface area contributed by atoms with Crippen LogP contribution in [0.25, 0.3) is 0 Å². The number of hydrogen-bond donors (Lipinski definition) is 0. The Morgan fingerprint density at radius 1 is 1.00 bits per heavy atom. The number of halogens is 2. The highest BCUT2D eigenvalue weighted by Gasteiger charge is 2.30. The summed E-state index contributed by atoms with van der Waals surface area (Å²) in [6, 6.07) is 11.3. The van der Waals surface area contributed by atoms with Crippen molar-refractivity contribution in [3.05, 3.63) is 63.6 Å². The molecule has 0 spiro atoms. The number of nitrogens with zero attached hydrogens (tertiary/aromatic N) is 3. The summed E-state index contributed by atoms with van der Waals surface area (Å²) in [6.45, 7) is 3.14. The third kappa shape index (κ3) is 5.68. The molecule has 0 N–H and O–H groups in total. The van der Waals surface area contributed by atoms with Gasteiger partial charge in [0.15, 0.2) is 5.78 Å². The van der Waals surface area contributed by atoms with Gasteiger partial charge in [0.2, 0.25) is 15.9 Å². The summed E-state index contributed by atoms with van der Waals surface area (Å²) in [4.78, 5) is 27.8. The van der Waals surface area contributed by atoms with E-state index in [2.05, 4.69) is 0 Å². The van der Waals surface area contributed by atoms with Crippen LogP contribution in [0.4, 0.5) is 0 Å². The van der Waals surface area contributed by atoms with Gasteiger partial charge in [0, 0.05) is 38.3 Å². The first-order chi connectivity index (χ1) is 15.1. The maximum atomic E-state index is 12.9. The van der Waals surface area contributed by atoms with Crippen LogP contribution in [-0.2, 0) is 21.4 Å². The maximum Gasteiger partial charge on any atom is 0.243 e. The van der Waals surface area contributed by atoms with E-state index in [4.69, 9.17) is 23.2 Å². The molecule has 172 valence electrons. The predicted octanol–water partition coefficient (Wildman–Crippen LogP) is 3.16. The van der Waals surface area contributed by atoms with Crippen molar-refractivity contribution in [1.29, 1.82) is 0 Å². The minimum Gasteiger partial charge on any atom is -0.339 e. The molecular formula is C22H25Cl2N3O4S. The van der Waals surface area contributed by atoms with E-state index in [1.165, 1.54) is 35.5 Å². The molecule has 1 amide bonds. The van der Waals surface area contributed by atoms with Crippen LogP contribution in [0.3, 0.4) is 0 Å². The van der Waals surface area contributed by atoms with Crippen LogP contribution < -0.4 is 0 Å². The molecule has 1 saturated heterocycles. The van der Waals surface area contributed by atoms with Gasteiger partial charge in [0.25, 0.3) is 0 Å². The number of piperazine rings is 1. The third-order valence-corrected chi connectivity index (χ3v) is 8.14. The molecule has 0 radical (unpaired) electrons. The van der Waals surface area contributed by atoms with E-state index >= 15 is 0 Å². The summed E-state index contributed by atoms with van der Waals surface area (Å²) >= 11 is 12.3. The third-order valence-electron chi connectivity index (χ3n) is 5.37. The number of likely N-dealkylation sites (N-methyl/N-ethyl adjacent to an activating group) is 1. The Morgan fingerprint density at radius 3 is 2.22 bits per heavy atom. The Hall–Kier alpha value is -1.97. The number of hydrogen-bond acceptors (Lipinski definition) is 5. The maximum absolute atomic E-state index is 12.9. The number of carbonyl (C=O) groups is 2. The lowest BCUT2D eigenvalue weighted by molar-refractivity contribution is -0.133. The zero-order valence-electron chi connectivity index (χ0n) is 17.9. The number of carbonyl (C=O) groups excluding carboxylic acids is 2. The zero-order valence-corrected chi connectivity index (χ0v) is 20.3. The second-order valence-corrected chi connectivity index (χ2v) is 10.5. The van der Waals surface area contributed by atoms with Gasteiger partial charge < -0.3 is 4.90 Å². The Bertz CT molecular complexity index is 1100. The quantitative estimate of drug-likeness (QED) is 0.549. The van der Waals surface area contributed by atoms with Crippen molar-refractivity contribution in [2.24, 2.45) is 0 Å². The lowest BCUT2D eigenvalue weighted by atomic mass is 10.2. The largest absolute Gasteiger partial charge is 0.339 e. The molecule has 0 aliphatic carbocycles. The molecular weight excluding hydrogens is 473 g/mol. The molecule has 1 fully saturated rings. The van der Waals surface area contributed by atoms with Gasteiger partial charge in [-0.15, -0.1) is 0 Å². The predicted molar refractivity (Wildman–Crippen MR) is 125 cm³/mol. The number of benzene rings is 2. The molecule has 0 aromatic heterocycles. The fourth-order valence-corrected chi connectivity index (χ4v) is 5.34. The van der Waals surface area contributed by atoms with E-state index in [0.717, 1.165) is 5.56 Å². The van der Waals surface area contributed by atoms with Gasteiger partial charge in [0.1, 0.15) is 0 Å². The van der Waals surface area contributed by atoms with E-state index in [1.54, 1.807) is 11.0 Å². The van der Waals surface area contributed by atoms with Crippen LogP contribution in [0.2, 0.25) is 10.0 Å². The summed E-state index contributed by atoms with van der Waals surface area (Å²) in [5.74, 6) is -0.197. The second-order valence-electron chi connectivity index (χ2n) is 7.75. The first-order valence-electron chi connectivity index (χ1n) is 10.1. The highest BCUT2D eigenvalue weighted by molar-refractivity contribution is 7.89. The van der Waals surface area contributed by atoms with E-state index in [9.17, 15) is 18.0 Å². The van der Waals surface area contributed by atoms with Gasteiger partial charge in [0.05, 0.1) is 21.5 Å². The summed E-state index contributed by atoms with van der Waals surface area (Å²) in [7, 11) is -1.86. The van der Waals surface area contributed by atoms with Gasteiger partial charge >= 0.3 is 0 Å². The van der Waals surface area contributed by atoms with E-state index in [0.29, 0.717) is 35.2 Å². The van der Waals surface area contributed by atoms with Gasteiger partial charge in [-0.1, -0.05) is 47.5 Å². The molecule has 2 aromatic carbocycles. The lowest BCUT2D eigenvalue weighted by Gasteiger charge is -2.34. The number of Topliss-reactive ketones (excluding diaryl/α,β-unsaturated/α-hetero) is 1. The van der Waals surface area contributed by atoms with Gasteiger partial charge in [-0.05, 0) is 37.7 Å². The first-order valence-corrected chi connectivity index (χ1v) is 12.3. The molecule has 1 heterocycles. The summed E-state index contributed by atoms with van der Waals surface area (Å²) in [5.41, 5.74) is 1.30.